The van der Waals surface area contributed by atoms with E-state index in [1.54, 1.807) is 20.8 Å². The molecule has 20 heavy (non-hydrogen) atoms. The minimum atomic E-state index is -1.39. The third-order valence-corrected chi connectivity index (χ3v) is 3.93. The van der Waals surface area contributed by atoms with Gasteiger partial charge in [-0.05, 0) is 19.3 Å². The van der Waals surface area contributed by atoms with Crippen molar-refractivity contribution in [3.63, 3.8) is 0 Å². The number of carboxylic acids is 1. The molecule has 0 aliphatic rings. The molecule has 0 aliphatic carbocycles. The Hall–Kier alpha value is -1.06. The second-order valence-corrected chi connectivity index (χ2v) is 5.67. The zero-order valence-electron chi connectivity index (χ0n) is 13.4. The van der Waals surface area contributed by atoms with E-state index < -0.39 is 17.4 Å². The summed E-state index contributed by atoms with van der Waals surface area (Å²) in [5.74, 6) is -1.91. The van der Waals surface area contributed by atoms with Crippen molar-refractivity contribution in [1.82, 2.24) is 0 Å². The van der Waals surface area contributed by atoms with E-state index in [1.807, 2.05) is 0 Å². The summed E-state index contributed by atoms with van der Waals surface area (Å²) in [5.41, 5.74) is -1.39. The molecule has 4 nitrogen and oxygen atoms in total. The maximum atomic E-state index is 12.1. The Morgan fingerprint density at radius 1 is 1.05 bits per heavy atom. The maximum absolute atomic E-state index is 12.1. The quantitative estimate of drug-likeness (QED) is 0.354. The number of aliphatic carboxylic acids is 1. The first-order valence-corrected chi connectivity index (χ1v) is 7.84. The number of unbranched alkanes of at least 4 members (excludes halogenated alkanes) is 5. The highest BCUT2D eigenvalue weighted by molar-refractivity contribution is 5.99. The van der Waals surface area contributed by atoms with Crippen LogP contribution in [0.15, 0.2) is 0 Å². The number of ether oxygens (including phenoxy) is 1. The van der Waals surface area contributed by atoms with Crippen molar-refractivity contribution in [2.75, 3.05) is 6.61 Å². The normalized spacial score (nSPS) is 14.1. The minimum Gasteiger partial charge on any atom is -0.480 e. The lowest BCUT2D eigenvalue weighted by atomic mass is 9.73. The van der Waals surface area contributed by atoms with Crippen molar-refractivity contribution in [2.24, 2.45) is 11.3 Å². The van der Waals surface area contributed by atoms with E-state index in [0.29, 0.717) is 6.42 Å². The van der Waals surface area contributed by atoms with Gasteiger partial charge < -0.3 is 9.84 Å². The van der Waals surface area contributed by atoms with E-state index >= 15 is 0 Å². The van der Waals surface area contributed by atoms with Gasteiger partial charge in [0.05, 0.1) is 6.61 Å². The van der Waals surface area contributed by atoms with Crippen molar-refractivity contribution >= 4 is 11.9 Å². The molecular weight excluding hydrogens is 256 g/mol. The van der Waals surface area contributed by atoms with E-state index in [9.17, 15) is 14.7 Å². The fourth-order valence-electron chi connectivity index (χ4n) is 2.51. The highest BCUT2D eigenvalue weighted by atomic mass is 16.5. The average Bonchev–Trinajstić information content (AvgIpc) is 2.37. The van der Waals surface area contributed by atoms with E-state index in [0.717, 1.165) is 19.3 Å². The van der Waals surface area contributed by atoms with Gasteiger partial charge in [-0.2, -0.15) is 0 Å². The highest BCUT2D eigenvalue weighted by Gasteiger charge is 2.49. The van der Waals surface area contributed by atoms with Crippen LogP contribution in [0, 0.1) is 11.3 Å². The van der Waals surface area contributed by atoms with E-state index in [-0.39, 0.29) is 12.5 Å². The molecule has 0 saturated heterocycles. The molecule has 0 amide bonds. The van der Waals surface area contributed by atoms with Crippen LogP contribution in [0.5, 0.6) is 0 Å². The van der Waals surface area contributed by atoms with Gasteiger partial charge >= 0.3 is 11.9 Å². The monoisotopic (exact) mass is 286 g/mol. The van der Waals surface area contributed by atoms with Gasteiger partial charge in [0, 0.05) is 0 Å². The Bertz CT molecular complexity index is 299. The Labute approximate surface area is 122 Å². The Morgan fingerprint density at radius 3 is 2.05 bits per heavy atom. The van der Waals surface area contributed by atoms with Crippen molar-refractivity contribution in [1.29, 1.82) is 0 Å². The number of carbonyl (C=O) groups is 2. The molecule has 0 rings (SSSR count). The van der Waals surface area contributed by atoms with Gasteiger partial charge in [-0.25, -0.2) is 0 Å². The van der Waals surface area contributed by atoms with Gasteiger partial charge in [0.25, 0.3) is 0 Å². The Kier molecular flexibility index (Phi) is 9.26. The zero-order valence-corrected chi connectivity index (χ0v) is 13.4. The fraction of sp³-hybridized carbons (Fsp3) is 0.875. The summed E-state index contributed by atoms with van der Waals surface area (Å²) < 4.78 is 5.01. The molecule has 0 bridgehead atoms. The molecule has 0 fully saturated rings. The summed E-state index contributed by atoms with van der Waals surface area (Å²) in [5, 5.41) is 9.53. The lowest BCUT2D eigenvalue weighted by Crippen LogP contribution is -2.45. The molecule has 0 radical (unpaired) electrons. The third-order valence-electron chi connectivity index (χ3n) is 3.93. The van der Waals surface area contributed by atoms with Gasteiger partial charge in [-0.1, -0.05) is 59.3 Å². The van der Waals surface area contributed by atoms with Crippen molar-refractivity contribution in [2.45, 2.75) is 72.6 Å². The lowest BCUT2D eigenvalue weighted by Gasteiger charge is -2.30. The number of hydrogen-bond acceptors (Lipinski definition) is 3. The van der Waals surface area contributed by atoms with Crippen molar-refractivity contribution in [3.8, 4) is 0 Å². The molecule has 0 spiro atoms. The van der Waals surface area contributed by atoms with Crippen LogP contribution >= 0.6 is 0 Å². The lowest BCUT2D eigenvalue weighted by molar-refractivity contribution is -0.173. The molecule has 0 aromatic heterocycles. The first kappa shape index (κ1) is 18.9. The first-order valence-electron chi connectivity index (χ1n) is 7.84. The van der Waals surface area contributed by atoms with Gasteiger partial charge in [-0.15, -0.1) is 0 Å². The molecule has 1 atom stereocenters. The summed E-state index contributed by atoms with van der Waals surface area (Å²) in [6, 6.07) is 0. The van der Waals surface area contributed by atoms with Crippen LogP contribution in [-0.2, 0) is 14.3 Å². The number of hydrogen-bond donors (Lipinski definition) is 1. The van der Waals surface area contributed by atoms with Crippen molar-refractivity contribution < 1.29 is 19.4 Å². The van der Waals surface area contributed by atoms with Crippen LogP contribution in [0.4, 0.5) is 0 Å². The molecule has 0 saturated carbocycles. The summed E-state index contributed by atoms with van der Waals surface area (Å²) in [7, 11) is 0. The van der Waals surface area contributed by atoms with Gasteiger partial charge in [0.2, 0.25) is 0 Å². The largest absolute Gasteiger partial charge is 0.480 e. The van der Waals surface area contributed by atoms with Gasteiger partial charge in [-0.3, -0.25) is 9.59 Å². The van der Waals surface area contributed by atoms with E-state index in [2.05, 4.69) is 6.92 Å². The topological polar surface area (TPSA) is 63.6 Å². The van der Waals surface area contributed by atoms with Crippen molar-refractivity contribution in [3.05, 3.63) is 0 Å². The molecule has 1 unspecified atom stereocenters. The summed E-state index contributed by atoms with van der Waals surface area (Å²) >= 11 is 0. The number of esters is 1. The molecule has 0 aromatic carbocycles. The number of rotatable bonds is 11. The third kappa shape index (κ3) is 5.14. The second-order valence-electron chi connectivity index (χ2n) is 5.67. The fourth-order valence-corrected chi connectivity index (χ4v) is 2.51. The second kappa shape index (κ2) is 9.78. The van der Waals surface area contributed by atoms with Crippen LogP contribution < -0.4 is 0 Å². The predicted octanol–water partition coefficient (Wildman–Crippen LogP) is 4.03. The molecule has 4 heteroatoms. The van der Waals surface area contributed by atoms with Crippen LogP contribution in [0.3, 0.4) is 0 Å². The summed E-state index contributed by atoms with van der Waals surface area (Å²) in [4.78, 5) is 23.8. The number of carboxylic acid groups (broad SMARTS) is 1. The first-order chi connectivity index (χ1) is 9.43. The summed E-state index contributed by atoms with van der Waals surface area (Å²) in [6.07, 6.45) is 6.78. The minimum absolute atomic E-state index is 0.219. The highest BCUT2D eigenvalue weighted by Crippen LogP contribution is 2.36. The number of carbonyl (C=O) groups excluding carboxylic acids is 1. The van der Waals surface area contributed by atoms with Gasteiger partial charge in [0.15, 0.2) is 5.41 Å². The van der Waals surface area contributed by atoms with Crippen LogP contribution in [0.1, 0.15) is 72.6 Å². The maximum Gasteiger partial charge on any atom is 0.323 e. The molecular formula is C16H30O4. The smallest absolute Gasteiger partial charge is 0.323 e. The average molecular weight is 286 g/mol. The SMILES string of the molecule is CCCCCCCCC(C(=O)O)(C(=O)OCC)C(C)C. The zero-order chi connectivity index (χ0) is 15.6. The Balaban J connectivity index is 4.61. The predicted molar refractivity (Wildman–Crippen MR) is 79.5 cm³/mol. The Morgan fingerprint density at radius 2 is 1.60 bits per heavy atom. The molecule has 0 aliphatic heterocycles. The summed E-state index contributed by atoms with van der Waals surface area (Å²) in [6.45, 7) is 7.64. The van der Waals surface area contributed by atoms with Crippen LogP contribution in [0.25, 0.3) is 0 Å². The molecule has 118 valence electrons. The standard InChI is InChI=1S/C16H30O4/c1-5-7-8-9-10-11-12-16(13(3)4,14(17)18)15(19)20-6-2/h13H,5-12H2,1-4H3,(H,17,18). The molecule has 0 aromatic rings. The van der Waals surface area contributed by atoms with E-state index in [4.69, 9.17) is 4.74 Å². The van der Waals surface area contributed by atoms with Gasteiger partial charge in [0.1, 0.15) is 0 Å². The molecule has 1 N–H and O–H groups in total. The van der Waals surface area contributed by atoms with E-state index in [1.165, 1.54) is 19.3 Å². The van der Waals surface area contributed by atoms with Crippen LogP contribution in [-0.4, -0.2) is 23.7 Å². The molecule has 0 heterocycles. The van der Waals surface area contributed by atoms with Crippen LogP contribution in [0.2, 0.25) is 0 Å².